The molecular formula is C28H32O8. The van der Waals surface area contributed by atoms with Crippen LogP contribution in [0.5, 0.6) is 5.75 Å². The van der Waals surface area contributed by atoms with Crippen molar-refractivity contribution < 1.29 is 38.3 Å². The maximum Gasteiger partial charge on any atom is 0.347 e. The van der Waals surface area contributed by atoms with Gasteiger partial charge >= 0.3 is 5.97 Å². The number of unbranched alkanes of at least 4 members (excludes halogenated alkanes) is 2. The lowest BCUT2D eigenvalue weighted by atomic mass is 9.86. The minimum atomic E-state index is -1.97. The lowest BCUT2D eigenvalue weighted by molar-refractivity contribution is -0.162. The third kappa shape index (κ3) is 6.73. The van der Waals surface area contributed by atoms with Crippen LogP contribution in [0.15, 0.2) is 79.6 Å². The maximum absolute atomic E-state index is 13.2. The molecule has 2 aliphatic rings. The molecule has 192 valence electrons. The first-order valence-corrected chi connectivity index (χ1v) is 12.3. The van der Waals surface area contributed by atoms with Gasteiger partial charge in [0.25, 0.3) is 0 Å². The first-order chi connectivity index (χ1) is 17.7. The molecule has 8 heteroatoms. The number of hydrogen-bond acceptors (Lipinski definition) is 8. The van der Waals surface area contributed by atoms with Gasteiger partial charge in [0.15, 0.2) is 0 Å². The van der Waals surface area contributed by atoms with Gasteiger partial charge in [-0.05, 0) is 43.4 Å². The number of benzene rings is 2. The van der Waals surface area contributed by atoms with Gasteiger partial charge < -0.3 is 33.5 Å². The van der Waals surface area contributed by atoms with Crippen LogP contribution in [0.4, 0.5) is 0 Å². The first kappa shape index (κ1) is 25.4. The van der Waals surface area contributed by atoms with Crippen molar-refractivity contribution in [1.29, 1.82) is 0 Å². The Balaban J connectivity index is 1.34. The molecule has 0 fully saturated rings. The van der Waals surface area contributed by atoms with E-state index in [-0.39, 0.29) is 19.2 Å². The van der Waals surface area contributed by atoms with Crippen LogP contribution in [0.25, 0.3) is 0 Å². The van der Waals surface area contributed by atoms with E-state index in [1.165, 1.54) is 12.5 Å². The van der Waals surface area contributed by atoms with E-state index in [0.29, 0.717) is 36.3 Å². The summed E-state index contributed by atoms with van der Waals surface area (Å²) in [5.74, 6) is -0.166. The molecule has 0 saturated carbocycles. The third-order valence-corrected chi connectivity index (χ3v) is 5.94. The van der Waals surface area contributed by atoms with Crippen molar-refractivity contribution in [2.75, 3.05) is 13.2 Å². The standard InChI is InChI=1S/C28H32O8/c29-27(36-16-7-5-14-26-34-19-20-35-26)28(30,22-9-2-1-3-10-22)23-11-8-12-24(21-23)31-15-6-4-13-25-32-17-18-33-25/h1-3,8-12,17-21,25-26,30H,4-7,13-16H2/t28-/m0/s1. The van der Waals surface area contributed by atoms with E-state index in [2.05, 4.69) is 0 Å². The number of carbonyl (C=O) groups excluding carboxylic acids is 1. The number of aliphatic hydroxyl groups is 1. The average molecular weight is 497 g/mol. The summed E-state index contributed by atoms with van der Waals surface area (Å²) in [4.78, 5) is 13.2. The summed E-state index contributed by atoms with van der Waals surface area (Å²) in [6.45, 7) is 0.663. The maximum atomic E-state index is 13.2. The summed E-state index contributed by atoms with van der Waals surface area (Å²) in [5.41, 5.74) is -1.16. The minimum Gasteiger partial charge on any atom is -0.494 e. The highest BCUT2D eigenvalue weighted by Crippen LogP contribution is 2.33. The Bertz CT molecular complexity index is 1010. The molecule has 2 aromatic rings. The average Bonchev–Trinajstić information content (AvgIpc) is 3.63. The summed E-state index contributed by atoms with van der Waals surface area (Å²) < 4.78 is 32.5. The normalized spacial score (nSPS) is 16.5. The summed E-state index contributed by atoms with van der Waals surface area (Å²) in [6.07, 6.45) is 10.1. The Morgan fingerprint density at radius 2 is 1.33 bits per heavy atom. The highest BCUT2D eigenvalue weighted by molar-refractivity contribution is 5.85. The van der Waals surface area contributed by atoms with Crippen molar-refractivity contribution in [3.05, 3.63) is 90.8 Å². The molecule has 2 heterocycles. The molecule has 2 aromatic carbocycles. The van der Waals surface area contributed by atoms with Gasteiger partial charge in [-0.2, -0.15) is 0 Å². The molecule has 0 unspecified atom stereocenters. The molecule has 0 bridgehead atoms. The molecular weight excluding hydrogens is 464 g/mol. The van der Waals surface area contributed by atoms with Gasteiger partial charge in [0, 0.05) is 18.4 Å². The van der Waals surface area contributed by atoms with Gasteiger partial charge in [0.2, 0.25) is 18.2 Å². The minimum absolute atomic E-state index is 0.175. The molecule has 0 saturated heterocycles. The zero-order valence-corrected chi connectivity index (χ0v) is 20.1. The van der Waals surface area contributed by atoms with Crippen molar-refractivity contribution in [2.24, 2.45) is 0 Å². The monoisotopic (exact) mass is 496 g/mol. The van der Waals surface area contributed by atoms with Gasteiger partial charge in [-0.3, -0.25) is 0 Å². The van der Waals surface area contributed by atoms with E-state index >= 15 is 0 Å². The number of ether oxygens (including phenoxy) is 6. The van der Waals surface area contributed by atoms with Crippen LogP contribution in [-0.4, -0.2) is 36.9 Å². The van der Waals surface area contributed by atoms with Crippen LogP contribution in [0.1, 0.15) is 49.7 Å². The number of rotatable bonds is 14. The van der Waals surface area contributed by atoms with Crippen molar-refractivity contribution in [3.63, 3.8) is 0 Å². The van der Waals surface area contributed by atoms with Crippen molar-refractivity contribution in [3.8, 4) is 5.75 Å². The molecule has 2 aliphatic heterocycles. The molecule has 0 amide bonds. The highest BCUT2D eigenvalue weighted by atomic mass is 16.7. The first-order valence-electron chi connectivity index (χ1n) is 12.3. The zero-order valence-electron chi connectivity index (χ0n) is 20.1. The molecule has 8 nitrogen and oxygen atoms in total. The van der Waals surface area contributed by atoms with E-state index in [1.807, 2.05) is 6.07 Å². The van der Waals surface area contributed by atoms with E-state index in [0.717, 1.165) is 25.7 Å². The predicted molar refractivity (Wildman–Crippen MR) is 130 cm³/mol. The van der Waals surface area contributed by atoms with Crippen molar-refractivity contribution in [1.82, 2.24) is 0 Å². The largest absolute Gasteiger partial charge is 0.494 e. The SMILES string of the molecule is O=C(OCCCCC1OC=CO1)[C@](O)(c1ccccc1)c1cccc(OCCCCC2OC=CO2)c1. The summed E-state index contributed by atoms with van der Waals surface area (Å²) in [5, 5.41) is 11.7. The van der Waals surface area contributed by atoms with Gasteiger partial charge in [0.1, 0.15) is 30.8 Å². The van der Waals surface area contributed by atoms with Gasteiger partial charge in [0.05, 0.1) is 13.2 Å². The molecule has 1 atom stereocenters. The summed E-state index contributed by atoms with van der Waals surface area (Å²) in [6, 6.07) is 15.7. The zero-order chi connectivity index (χ0) is 25.1. The molecule has 0 radical (unpaired) electrons. The van der Waals surface area contributed by atoms with Gasteiger partial charge in [-0.1, -0.05) is 42.5 Å². The van der Waals surface area contributed by atoms with Crippen LogP contribution in [0.3, 0.4) is 0 Å². The number of carbonyl (C=O) groups is 1. The Morgan fingerprint density at radius 1 is 0.750 bits per heavy atom. The van der Waals surface area contributed by atoms with Crippen molar-refractivity contribution >= 4 is 5.97 Å². The van der Waals surface area contributed by atoms with E-state index in [1.54, 1.807) is 61.1 Å². The lowest BCUT2D eigenvalue weighted by Crippen LogP contribution is -2.38. The molecule has 1 N–H and O–H groups in total. The fraction of sp³-hybridized carbons (Fsp3) is 0.393. The Hall–Kier alpha value is -3.65. The van der Waals surface area contributed by atoms with Gasteiger partial charge in [-0.15, -0.1) is 0 Å². The Labute approximate surface area is 211 Å². The second kappa shape index (κ2) is 12.9. The highest BCUT2D eigenvalue weighted by Gasteiger charge is 2.42. The van der Waals surface area contributed by atoms with Crippen LogP contribution in [0, 0.1) is 0 Å². The topological polar surface area (TPSA) is 92.7 Å². The third-order valence-electron chi connectivity index (χ3n) is 5.94. The lowest BCUT2D eigenvalue weighted by Gasteiger charge is -2.27. The Morgan fingerprint density at radius 3 is 1.97 bits per heavy atom. The number of esters is 1. The molecule has 36 heavy (non-hydrogen) atoms. The second-order valence-corrected chi connectivity index (χ2v) is 8.53. The fourth-order valence-electron chi connectivity index (χ4n) is 3.99. The molecule has 0 aromatic heterocycles. The molecule has 4 rings (SSSR count). The Kier molecular flexibility index (Phi) is 9.10. The van der Waals surface area contributed by atoms with Gasteiger partial charge in [-0.25, -0.2) is 4.79 Å². The van der Waals surface area contributed by atoms with E-state index in [4.69, 9.17) is 28.4 Å². The molecule has 0 spiro atoms. The number of hydrogen-bond donors (Lipinski definition) is 1. The summed E-state index contributed by atoms with van der Waals surface area (Å²) in [7, 11) is 0. The van der Waals surface area contributed by atoms with Crippen LogP contribution in [-0.2, 0) is 34.1 Å². The van der Waals surface area contributed by atoms with E-state index in [9.17, 15) is 9.90 Å². The fourth-order valence-corrected chi connectivity index (χ4v) is 3.99. The predicted octanol–water partition coefficient (Wildman–Crippen LogP) is 4.87. The van der Waals surface area contributed by atoms with Crippen molar-refractivity contribution in [2.45, 2.75) is 56.7 Å². The van der Waals surface area contributed by atoms with Crippen LogP contribution >= 0.6 is 0 Å². The second-order valence-electron chi connectivity index (χ2n) is 8.53. The smallest absolute Gasteiger partial charge is 0.347 e. The van der Waals surface area contributed by atoms with Crippen LogP contribution < -0.4 is 4.74 Å². The molecule has 0 aliphatic carbocycles. The van der Waals surface area contributed by atoms with Crippen LogP contribution in [0.2, 0.25) is 0 Å². The summed E-state index contributed by atoms with van der Waals surface area (Å²) >= 11 is 0. The van der Waals surface area contributed by atoms with E-state index < -0.39 is 11.6 Å². The quantitative estimate of drug-likeness (QED) is 0.292.